The first-order chi connectivity index (χ1) is 21.4. The van der Waals surface area contributed by atoms with Crippen LogP contribution in [0.5, 0.6) is 5.75 Å². The number of Topliss-reactive ketones (excluding diaryl/α,β-unsaturated/α-hetero) is 1. The number of rotatable bonds is 6. The lowest BCUT2D eigenvalue weighted by Gasteiger charge is -2.44. The molecule has 8 nitrogen and oxygen atoms in total. The van der Waals surface area contributed by atoms with Gasteiger partial charge in [-0.1, -0.05) is 36.4 Å². The average molecular weight is 625 g/mol. The summed E-state index contributed by atoms with van der Waals surface area (Å²) in [5.41, 5.74) is 5.01. The molecule has 2 aliphatic rings. The van der Waals surface area contributed by atoms with Crippen molar-refractivity contribution in [2.24, 2.45) is 11.7 Å². The Balaban J connectivity index is 1.87. The summed E-state index contributed by atoms with van der Waals surface area (Å²) in [6.45, 7) is 0. The highest BCUT2D eigenvalue weighted by molar-refractivity contribution is 6.14. The second kappa shape index (κ2) is 12.1. The van der Waals surface area contributed by atoms with Crippen molar-refractivity contribution >= 4 is 23.4 Å². The van der Waals surface area contributed by atoms with Gasteiger partial charge in [-0.15, -0.1) is 0 Å². The minimum Gasteiger partial charge on any atom is -0.497 e. The maximum Gasteiger partial charge on any atom is 0.416 e. The van der Waals surface area contributed by atoms with Crippen LogP contribution in [0.4, 0.5) is 23.2 Å². The summed E-state index contributed by atoms with van der Waals surface area (Å²) in [4.78, 5) is 42.6. The predicted octanol–water partition coefficient (Wildman–Crippen LogP) is 5.60. The molecule has 3 atom stereocenters. The number of allylic oxidation sites excluding steroid dienone is 2. The summed E-state index contributed by atoms with van der Waals surface area (Å²) in [7, 11) is 3.59. The fourth-order valence-electron chi connectivity index (χ4n) is 6.13. The standard InChI is InChI=1S/C33H28F4N2O6/c1-43-20-13-11-17(12-14-20)22-16-24-27(29(40)26(22)31(41)44-2)25(21-9-4-5-10-23(21)33(35,36)37)28(32(42)45-3)30(38)39(24)19-8-6-7-18(34)15-19/h4-15,22,25-26H,16,38H2,1-3H3/t22-,25+,26+/m0/s1. The van der Waals surface area contributed by atoms with Gasteiger partial charge in [-0.2, -0.15) is 13.2 Å². The number of benzene rings is 3. The fourth-order valence-corrected chi connectivity index (χ4v) is 6.13. The molecular weight excluding hydrogens is 596 g/mol. The van der Waals surface area contributed by atoms with Crippen molar-refractivity contribution < 1.29 is 46.2 Å². The first-order valence-corrected chi connectivity index (χ1v) is 13.7. The number of hydrogen-bond acceptors (Lipinski definition) is 8. The lowest BCUT2D eigenvalue weighted by atomic mass is 9.66. The number of alkyl halides is 3. The molecule has 1 aliphatic carbocycles. The number of ketones is 1. The van der Waals surface area contributed by atoms with E-state index >= 15 is 0 Å². The zero-order chi connectivity index (χ0) is 32.6. The number of hydrogen-bond donors (Lipinski definition) is 1. The van der Waals surface area contributed by atoms with E-state index in [2.05, 4.69) is 0 Å². The Morgan fingerprint density at radius 2 is 1.62 bits per heavy atom. The Bertz CT molecular complexity index is 1730. The van der Waals surface area contributed by atoms with Crippen molar-refractivity contribution in [2.75, 3.05) is 26.2 Å². The van der Waals surface area contributed by atoms with E-state index in [1.807, 2.05) is 0 Å². The highest BCUT2D eigenvalue weighted by Gasteiger charge is 2.52. The molecule has 5 rings (SSSR count). The Labute approximate surface area is 255 Å². The SMILES string of the molecule is COC(=O)C1=C(N)N(c2cccc(F)c2)C2=C(C(=O)[C@H](C(=O)OC)[C@H](c3ccc(OC)cc3)C2)[C@H]1c1ccccc1C(F)(F)F. The van der Waals surface area contributed by atoms with Gasteiger partial charge in [-0.3, -0.25) is 14.5 Å². The van der Waals surface area contributed by atoms with Gasteiger partial charge < -0.3 is 19.9 Å². The number of methoxy groups -OCH3 is 3. The molecule has 2 N–H and O–H groups in total. The monoisotopic (exact) mass is 624 g/mol. The summed E-state index contributed by atoms with van der Waals surface area (Å²) in [5, 5.41) is 0. The number of carbonyl (C=O) groups is 3. The average Bonchev–Trinajstić information content (AvgIpc) is 3.03. The van der Waals surface area contributed by atoms with Crippen molar-refractivity contribution in [2.45, 2.75) is 24.4 Å². The van der Waals surface area contributed by atoms with E-state index in [-0.39, 0.29) is 29.2 Å². The van der Waals surface area contributed by atoms with Crippen LogP contribution in [-0.2, 0) is 30.0 Å². The number of nitrogens with zero attached hydrogens (tertiary/aromatic N) is 1. The fraction of sp³-hybridized carbons (Fsp3) is 0.242. The van der Waals surface area contributed by atoms with Gasteiger partial charge >= 0.3 is 18.1 Å². The minimum absolute atomic E-state index is 0.0960. The van der Waals surface area contributed by atoms with E-state index in [0.29, 0.717) is 11.3 Å². The molecular formula is C33H28F4N2O6. The van der Waals surface area contributed by atoms with Crippen LogP contribution in [0.25, 0.3) is 0 Å². The zero-order valence-electron chi connectivity index (χ0n) is 24.4. The second-order valence-corrected chi connectivity index (χ2v) is 10.4. The molecule has 1 heterocycles. The van der Waals surface area contributed by atoms with Gasteiger partial charge in [-0.05, 0) is 53.9 Å². The number of anilines is 1. The topological polar surface area (TPSA) is 108 Å². The van der Waals surface area contributed by atoms with E-state index in [1.54, 1.807) is 24.3 Å². The van der Waals surface area contributed by atoms with Crippen LogP contribution in [-0.4, -0.2) is 39.1 Å². The largest absolute Gasteiger partial charge is 0.497 e. The van der Waals surface area contributed by atoms with E-state index in [0.717, 1.165) is 32.4 Å². The summed E-state index contributed by atoms with van der Waals surface area (Å²) in [5.74, 6) is -7.50. The van der Waals surface area contributed by atoms with Crippen LogP contribution in [0.1, 0.15) is 34.9 Å². The van der Waals surface area contributed by atoms with E-state index in [1.165, 1.54) is 42.3 Å². The van der Waals surface area contributed by atoms with Gasteiger partial charge in [0.15, 0.2) is 5.78 Å². The molecule has 0 saturated carbocycles. The maximum absolute atomic E-state index is 14.6. The number of nitrogens with two attached hydrogens (primary N) is 1. The number of halogens is 4. The molecule has 0 bridgehead atoms. The molecule has 0 unspecified atom stereocenters. The third-order valence-corrected chi connectivity index (χ3v) is 8.09. The molecule has 3 aromatic rings. The Hall–Kier alpha value is -5.13. The molecule has 0 saturated heterocycles. The van der Waals surface area contributed by atoms with Gasteiger partial charge in [0.2, 0.25) is 0 Å². The lowest BCUT2D eigenvalue weighted by molar-refractivity contribution is -0.150. The molecule has 234 valence electrons. The van der Waals surface area contributed by atoms with E-state index in [4.69, 9.17) is 19.9 Å². The van der Waals surface area contributed by atoms with Crippen molar-refractivity contribution in [3.05, 3.63) is 118 Å². The van der Waals surface area contributed by atoms with Crippen LogP contribution in [0.15, 0.2) is 95.5 Å². The quantitative estimate of drug-likeness (QED) is 0.215. The Kier molecular flexibility index (Phi) is 8.42. The van der Waals surface area contributed by atoms with E-state index in [9.17, 15) is 31.9 Å². The van der Waals surface area contributed by atoms with Gasteiger partial charge in [-0.25, -0.2) is 9.18 Å². The van der Waals surface area contributed by atoms with Crippen molar-refractivity contribution in [3.63, 3.8) is 0 Å². The smallest absolute Gasteiger partial charge is 0.416 e. The molecule has 0 spiro atoms. The molecule has 3 aromatic carbocycles. The molecule has 0 amide bonds. The normalized spacial score (nSPS) is 20.1. The van der Waals surface area contributed by atoms with Crippen LogP contribution in [0, 0.1) is 11.7 Å². The van der Waals surface area contributed by atoms with E-state index < -0.39 is 64.2 Å². The molecule has 45 heavy (non-hydrogen) atoms. The summed E-state index contributed by atoms with van der Waals surface area (Å²) >= 11 is 0. The van der Waals surface area contributed by atoms with Crippen LogP contribution >= 0.6 is 0 Å². The highest BCUT2D eigenvalue weighted by Crippen LogP contribution is 2.53. The molecule has 0 radical (unpaired) electrons. The van der Waals surface area contributed by atoms with Gasteiger partial charge in [0.25, 0.3) is 0 Å². The number of esters is 2. The number of carbonyl (C=O) groups excluding carboxylic acids is 3. The highest BCUT2D eigenvalue weighted by atomic mass is 19.4. The molecule has 0 fully saturated rings. The maximum atomic E-state index is 14.6. The summed E-state index contributed by atoms with van der Waals surface area (Å²) in [6.07, 6.45) is -5.01. The summed E-state index contributed by atoms with van der Waals surface area (Å²) < 4.78 is 73.1. The Morgan fingerprint density at radius 1 is 0.933 bits per heavy atom. The van der Waals surface area contributed by atoms with Gasteiger partial charge in [0.1, 0.15) is 23.3 Å². The molecule has 1 aliphatic heterocycles. The first-order valence-electron chi connectivity index (χ1n) is 13.7. The van der Waals surface area contributed by atoms with Crippen LogP contribution in [0.3, 0.4) is 0 Å². The van der Waals surface area contributed by atoms with Crippen LogP contribution < -0.4 is 15.4 Å². The van der Waals surface area contributed by atoms with Gasteiger partial charge in [0, 0.05) is 17.2 Å². The van der Waals surface area contributed by atoms with Crippen molar-refractivity contribution in [1.29, 1.82) is 0 Å². The van der Waals surface area contributed by atoms with Crippen molar-refractivity contribution in [3.8, 4) is 5.75 Å². The second-order valence-electron chi connectivity index (χ2n) is 10.4. The van der Waals surface area contributed by atoms with Gasteiger partial charge in [0.05, 0.1) is 44.1 Å². The third-order valence-electron chi connectivity index (χ3n) is 8.09. The predicted molar refractivity (Wildman–Crippen MR) is 154 cm³/mol. The molecule has 0 aromatic heterocycles. The first kappa shape index (κ1) is 31.3. The lowest BCUT2D eigenvalue weighted by Crippen LogP contribution is -2.46. The number of ether oxygens (including phenoxy) is 3. The minimum atomic E-state index is -4.89. The van der Waals surface area contributed by atoms with Crippen molar-refractivity contribution in [1.82, 2.24) is 0 Å². The molecule has 12 heteroatoms. The van der Waals surface area contributed by atoms with Crippen LogP contribution in [0.2, 0.25) is 0 Å². The Morgan fingerprint density at radius 3 is 2.22 bits per heavy atom. The summed E-state index contributed by atoms with van der Waals surface area (Å²) in [6, 6.07) is 16.2. The zero-order valence-corrected chi connectivity index (χ0v) is 24.4. The third kappa shape index (κ3) is 5.52.